The fraction of sp³-hybridized carbons (Fsp3) is 0.562. The molecule has 1 atom stereocenters. The molecule has 0 radical (unpaired) electrons. The van der Waals surface area contributed by atoms with Crippen LogP contribution in [0.3, 0.4) is 0 Å². The van der Waals surface area contributed by atoms with Crippen LogP contribution in [0.5, 0.6) is 0 Å². The van der Waals surface area contributed by atoms with Gasteiger partial charge in [0.1, 0.15) is 0 Å². The van der Waals surface area contributed by atoms with E-state index in [2.05, 4.69) is 10.2 Å². The smallest absolute Gasteiger partial charge is 0.238 e. The lowest BCUT2D eigenvalue weighted by Crippen LogP contribution is -2.44. The molecule has 1 amide bonds. The number of anilines is 1. The van der Waals surface area contributed by atoms with Gasteiger partial charge in [0.25, 0.3) is 0 Å². The van der Waals surface area contributed by atoms with Gasteiger partial charge in [-0.2, -0.15) is 0 Å². The fourth-order valence-electron chi connectivity index (χ4n) is 2.90. The summed E-state index contributed by atoms with van der Waals surface area (Å²) in [5.74, 6) is 0.0690. The van der Waals surface area contributed by atoms with Crippen LogP contribution in [0.15, 0.2) is 24.3 Å². The molecule has 0 aliphatic carbocycles. The minimum atomic E-state index is 0. The first-order valence-corrected chi connectivity index (χ1v) is 7.49. The molecule has 21 heavy (non-hydrogen) atoms. The van der Waals surface area contributed by atoms with Gasteiger partial charge in [0, 0.05) is 11.7 Å². The van der Waals surface area contributed by atoms with Crippen LogP contribution in [0.1, 0.15) is 31.2 Å². The Hall–Kier alpha value is -1.10. The van der Waals surface area contributed by atoms with E-state index in [4.69, 9.17) is 5.73 Å². The Morgan fingerprint density at radius 2 is 2.24 bits per heavy atom. The molecule has 1 aromatic rings. The van der Waals surface area contributed by atoms with Crippen LogP contribution in [0.25, 0.3) is 0 Å². The number of carbonyl (C=O) groups excluding carboxylic acids is 1. The van der Waals surface area contributed by atoms with Crippen molar-refractivity contribution < 1.29 is 4.79 Å². The van der Waals surface area contributed by atoms with Gasteiger partial charge in [0.2, 0.25) is 5.91 Å². The molecular formula is C16H26ClN3O. The summed E-state index contributed by atoms with van der Waals surface area (Å²) in [7, 11) is 0. The van der Waals surface area contributed by atoms with E-state index in [9.17, 15) is 4.79 Å². The first-order chi connectivity index (χ1) is 9.69. The summed E-state index contributed by atoms with van der Waals surface area (Å²) in [5.41, 5.74) is 7.70. The molecule has 1 aliphatic rings. The average Bonchev–Trinajstić information content (AvgIpc) is 2.41. The van der Waals surface area contributed by atoms with Crippen LogP contribution in [0.2, 0.25) is 0 Å². The number of nitrogens with zero attached hydrogens (tertiary/aromatic N) is 1. The summed E-state index contributed by atoms with van der Waals surface area (Å²) in [6.07, 6.45) is 4.58. The van der Waals surface area contributed by atoms with Gasteiger partial charge in [0.15, 0.2) is 0 Å². The summed E-state index contributed by atoms with van der Waals surface area (Å²) < 4.78 is 0. The lowest BCUT2D eigenvalue weighted by atomic mass is 9.99. The second-order valence-corrected chi connectivity index (χ2v) is 5.62. The molecule has 2 rings (SSSR count). The van der Waals surface area contributed by atoms with Crippen molar-refractivity contribution in [2.45, 2.75) is 38.6 Å². The number of aryl methyl sites for hydroxylation is 1. The number of hydrogen-bond acceptors (Lipinski definition) is 3. The molecule has 1 fully saturated rings. The average molecular weight is 312 g/mol. The predicted molar refractivity (Wildman–Crippen MR) is 89.9 cm³/mol. The number of nitrogens with one attached hydrogen (secondary N) is 1. The first-order valence-electron chi connectivity index (χ1n) is 7.49. The molecule has 1 saturated heterocycles. The van der Waals surface area contributed by atoms with E-state index in [-0.39, 0.29) is 18.3 Å². The van der Waals surface area contributed by atoms with Crippen molar-refractivity contribution in [2.75, 3.05) is 25.0 Å². The zero-order valence-corrected chi connectivity index (χ0v) is 13.5. The highest BCUT2D eigenvalue weighted by molar-refractivity contribution is 5.92. The molecule has 1 aliphatic heterocycles. The van der Waals surface area contributed by atoms with E-state index >= 15 is 0 Å². The highest BCUT2D eigenvalue weighted by Gasteiger charge is 2.23. The molecule has 118 valence electrons. The zero-order valence-electron chi connectivity index (χ0n) is 12.7. The summed E-state index contributed by atoms with van der Waals surface area (Å²) in [6, 6.07) is 8.38. The lowest BCUT2D eigenvalue weighted by molar-refractivity contribution is -0.118. The Kier molecular flexibility index (Phi) is 7.72. The lowest BCUT2D eigenvalue weighted by Gasteiger charge is -2.35. The number of rotatable bonds is 5. The predicted octanol–water partition coefficient (Wildman–Crippen LogP) is 2.56. The quantitative estimate of drug-likeness (QED) is 0.878. The SMILES string of the molecule is Cc1cccc(NC(=O)CN2CCCCC2CCN)c1.Cl. The molecule has 1 heterocycles. The molecule has 3 N–H and O–H groups in total. The van der Waals surface area contributed by atoms with Gasteiger partial charge in [-0.3, -0.25) is 9.69 Å². The van der Waals surface area contributed by atoms with Crippen molar-refractivity contribution in [3.05, 3.63) is 29.8 Å². The Labute approximate surface area is 133 Å². The van der Waals surface area contributed by atoms with Crippen LogP contribution in [0.4, 0.5) is 5.69 Å². The summed E-state index contributed by atoms with van der Waals surface area (Å²) in [5, 5.41) is 2.98. The number of piperidine rings is 1. The van der Waals surface area contributed by atoms with Crippen LogP contribution in [0, 0.1) is 6.92 Å². The summed E-state index contributed by atoms with van der Waals surface area (Å²) in [6.45, 7) is 4.20. The molecule has 0 saturated carbocycles. The normalized spacial score (nSPS) is 18.9. The third-order valence-electron chi connectivity index (χ3n) is 3.90. The van der Waals surface area contributed by atoms with Gasteiger partial charge in [-0.15, -0.1) is 12.4 Å². The minimum absolute atomic E-state index is 0. The van der Waals surface area contributed by atoms with Crippen LogP contribution >= 0.6 is 12.4 Å². The number of likely N-dealkylation sites (tertiary alicyclic amines) is 1. The van der Waals surface area contributed by atoms with E-state index in [1.807, 2.05) is 31.2 Å². The maximum atomic E-state index is 12.2. The van der Waals surface area contributed by atoms with E-state index in [1.165, 1.54) is 12.8 Å². The highest BCUT2D eigenvalue weighted by atomic mass is 35.5. The van der Waals surface area contributed by atoms with Crippen molar-refractivity contribution in [1.82, 2.24) is 4.90 Å². The van der Waals surface area contributed by atoms with E-state index < -0.39 is 0 Å². The minimum Gasteiger partial charge on any atom is -0.330 e. The van der Waals surface area contributed by atoms with Gasteiger partial charge >= 0.3 is 0 Å². The van der Waals surface area contributed by atoms with E-state index in [0.29, 0.717) is 19.1 Å². The fourth-order valence-corrected chi connectivity index (χ4v) is 2.90. The van der Waals surface area contributed by atoms with Crippen molar-refractivity contribution in [2.24, 2.45) is 5.73 Å². The molecule has 1 aromatic carbocycles. The second kappa shape index (κ2) is 9.03. The standard InChI is InChI=1S/C16H25N3O.ClH/c1-13-5-4-6-14(11-13)18-16(20)12-19-10-3-2-7-15(19)8-9-17;/h4-6,11,15H,2-3,7-10,12,17H2,1H3,(H,18,20);1H. The molecule has 5 heteroatoms. The molecular weight excluding hydrogens is 286 g/mol. The van der Waals surface area contributed by atoms with E-state index in [0.717, 1.165) is 30.6 Å². The number of carbonyl (C=O) groups is 1. The number of nitrogens with two attached hydrogens (primary N) is 1. The monoisotopic (exact) mass is 311 g/mol. The number of halogens is 1. The summed E-state index contributed by atoms with van der Waals surface area (Å²) in [4.78, 5) is 14.4. The van der Waals surface area contributed by atoms with Crippen LogP contribution in [-0.4, -0.2) is 36.5 Å². The maximum Gasteiger partial charge on any atom is 0.238 e. The van der Waals surface area contributed by atoms with Crippen molar-refractivity contribution in [3.8, 4) is 0 Å². The van der Waals surface area contributed by atoms with Crippen molar-refractivity contribution in [3.63, 3.8) is 0 Å². The largest absolute Gasteiger partial charge is 0.330 e. The van der Waals surface area contributed by atoms with Gasteiger partial charge < -0.3 is 11.1 Å². The van der Waals surface area contributed by atoms with Crippen LogP contribution < -0.4 is 11.1 Å². The molecule has 0 bridgehead atoms. The highest BCUT2D eigenvalue weighted by Crippen LogP contribution is 2.19. The summed E-state index contributed by atoms with van der Waals surface area (Å²) >= 11 is 0. The van der Waals surface area contributed by atoms with E-state index in [1.54, 1.807) is 0 Å². The molecule has 0 spiro atoms. The van der Waals surface area contributed by atoms with Gasteiger partial charge in [-0.25, -0.2) is 0 Å². The van der Waals surface area contributed by atoms with Gasteiger partial charge in [-0.1, -0.05) is 18.6 Å². The Morgan fingerprint density at radius 3 is 2.95 bits per heavy atom. The van der Waals surface area contributed by atoms with Crippen molar-refractivity contribution >= 4 is 24.0 Å². The van der Waals surface area contributed by atoms with Crippen molar-refractivity contribution in [1.29, 1.82) is 0 Å². The van der Waals surface area contributed by atoms with Gasteiger partial charge in [-0.05, 0) is 57.0 Å². The second-order valence-electron chi connectivity index (χ2n) is 5.62. The van der Waals surface area contributed by atoms with Gasteiger partial charge in [0.05, 0.1) is 6.54 Å². The third kappa shape index (κ3) is 5.65. The maximum absolute atomic E-state index is 12.2. The number of hydrogen-bond donors (Lipinski definition) is 2. The Balaban J connectivity index is 0.00000220. The zero-order chi connectivity index (χ0) is 14.4. The molecule has 4 nitrogen and oxygen atoms in total. The molecule has 0 aromatic heterocycles. The number of amides is 1. The first kappa shape index (κ1) is 18.0. The molecule has 1 unspecified atom stereocenters. The Morgan fingerprint density at radius 1 is 1.43 bits per heavy atom. The topological polar surface area (TPSA) is 58.4 Å². The Bertz CT molecular complexity index is 451. The van der Waals surface area contributed by atoms with Crippen LogP contribution in [-0.2, 0) is 4.79 Å². The third-order valence-corrected chi connectivity index (χ3v) is 3.90. The number of benzene rings is 1.